The van der Waals surface area contributed by atoms with Crippen molar-refractivity contribution < 1.29 is 9.13 Å². The van der Waals surface area contributed by atoms with Crippen molar-refractivity contribution in [2.45, 2.75) is 13.0 Å². The highest BCUT2D eigenvalue weighted by molar-refractivity contribution is 5.77. The zero-order valence-corrected chi connectivity index (χ0v) is 12.7. The Morgan fingerprint density at radius 3 is 3.14 bits per heavy atom. The van der Waals surface area contributed by atoms with Crippen molar-refractivity contribution in [2.24, 2.45) is 5.92 Å². The Morgan fingerprint density at radius 1 is 1.45 bits per heavy atom. The fourth-order valence-electron chi connectivity index (χ4n) is 3.02. The molecule has 0 N–H and O–H groups in total. The second-order valence-electron chi connectivity index (χ2n) is 5.81. The first-order valence-corrected chi connectivity index (χ1v) is 7.53. The van der Waals surface area contributed by atoms with E-state index in [-0.39, 0.29) is 5.56 Å². The summed E-state index contributed by atoms with van der Waals surface area (Å²) >= 11 is 0. The highest BCUT2D eigenvalue weighted by Gasteiger charge is 2.23. The van der Waals surface area contributed by atoms with Gasteiger partial charge in [-0.1, -0.05) is 0 Å². The van der Waals surface area contributed by atoms with Gasteiger partial charge in [-0.05, 0) is 37.1 Å². The summed E-state index contributed by atoms with van der Waals surface area (Å²) in [5, 5.41) is 0.344. The molecule has 1 fully saturated rings. The first-order chi connectivity index (χ1) is 10.7. The number of aromatic nitrogens is 2. The lowest BCUT2D eigenvalue weighted by molar-refractivity contribution is 0.158. The van der Waals surface area contributed by atoms with Gasteiger partial charge in [-0.15, -0.1) is 0 Å². The molecule has 2 aromatic rings. The van der Waals surface area contributed by atoms with Crippen molar-refractivity contribution >= 4 is 10.9 Å². The van der Waals surface area contributed by atoms with Crippen LogP contribution in [-0.2, 0) is 11.3 Å². The zero-order chi connectivity index (χ0) is 15.5. The van der Waals surface area contributed by atoms with E-state index in [0.29, 0.717) is 23.4 Å². The molecule has 0 radical (unpaired) electrons. The Balaban J connectivity index is 1.75. The number of rotatable bonds is 5. The number of ether oxygens (including phenoxy) is 1. The second kappa shape index (κ2) is 6.54. The maximum atomic E-state index is 13.3. The maximum Gasteiger partial charge on any atom is 0.261 e. The van der Waals surface area contributed by atoms with Gasteiger partial charge in [0.2, 0.25) is 0 Å². The number of nitrogens with zero attached hydrogens (tertiary/aromatic N) is 3. The number of likely N-dealkylation sites (tertiary alicyclic amines) is 1. The summed E-state index contributed by atoms with van der Waals surface area (Å²) < 4.78 is 20.0. The molecular weight excluding hydrogens is 285 g/mol. The summed E-state index contributed by atoms with van der Waals surface area (Å²) in [6.07, 6.45) is 2.62. The van der Waals surface area contributed by atoms with Crippen LogP contribution in [0.3, 0.4) is 0 Å². The van der Waals surface area contributed by atoms with E-state index < -0.39 is 5.82 Å². The van der Waals surface area contributed by atoms with Crippen molar-refractivity contribution in [1.29, 1.82) is 0 Å². The van der Waals surface area contributed by atoms with Gasteiger partial charge < -0.3 is 9.64 Å². The van der Waals surface area contributed by atoms with E-state index in [4.69, 9.17) is 4.74 Å². The normalized spacial score (nSPS) is 19.1. The lowest BCUT2D eigenvalue weighted by Crippen LogP contribution is -2.28. The molecule has 1 aromatic heterocycles. The van der Waals surface area contributed by atoms with Gasteiger partial charge >= 0.3 is 0 Å². The van der Waals surface area contributed by atoms with Crippen LogP contribution in [0.25, 0.3) is 10.9 Å². The quantitative estimate of drug-likeness (QED) is 0.840. The SMILES string of the molecule is COCCN1CC[C@@H](Cn2cnc3ccc(F)cc3c2=O)C1. The highest BCUT2D eigenvalue weighted by atomic mass is 19.1. The fraction of sp³-hybridized carbons (Fsp3) is 0.500. The summed E-state index contributed by atoms with van der Waals surface area (Å²) in [4.78, 5) is 19.0. The molecule has 0 unspecified atom stereocenters. The Kier molecular flexibility index (Phi) is 4.49. The summed E-state index contributed by atoms with van der Waals surface area (Å²) in [6, 6.07) is 4.13. The molecule has 5 nitrogen and oxygen atoms in total. The molecule has 0 saturated carbocycles. The van der Waals surface area contributed by atoms with Crippen LogP contribution in [0.1, 0.15) is 6.42 Å². The van der Waals surface area contributed by atoms with Gasteiger partial charge in [-0.25, -0.2) is 9.37 Å². The first-order valence-electron chi connectivity index (χ1n) is 7.53. The van der Waals surface area contributed by atoms with Gasteiger partial charge in [0, 0.05) is 26.7 Å². The predicted octanol–water partition coefficient (Wildman–Crippen LogP) is 1.50. The largest absolute Gasteiger partial charge is 0.383 e. The lowest BCUT2D eigenvalue weighted by atomic mass is 10.1. The number of methoxy groups -OCH3 is 1. The molecule has 0 bridgehead atoms. The minimum absolute atomic E-state index is 0.167. The molecule has 0 spiro atoms. The van der Waals surface area contributed by atoms with Gasteiger partial charge in [0.1, 0.15) is 5.82 Å². The van der Waals surface area contributed by atoms with Crippen molar-refractivity contribution in [3.63, 3.8) is 0 Å². The van der Waals surface area contributed by atoms with Gasteiger partial charge in [-0.3, -0.25) is 9.36 Å². The molecule has 1 saturated heterocycles. The minimum Gasteiger partial charge on any atom is -0.383 e. The fourth-order valence-corrected chi connectivity index (χ4v) is 3.02. The van der Waals surface area contributed by atoms with E-state index in [1.165, 1.54) is 12.1 Å². The average molecular weight is 305 g/mol. The third-order valence-electron chi connectivity index (χ3n) is 4.22. The summed E-state index contributed by atoms with van der Waals surface area (Å²) in [5.41, 5.74) is 0.371. The van der Waals surface area contributed by atoms with Crippen molar-refractivity contribution in [3.05, 3.63) is 40.7 Å². The van der Waals surface area contributed by atoms with Crippen LogP contribution in [0.4, 0.5) is 4.39 Å². The maximum absolute atomic E-state index is 13.3. The smallest absolute Gasteiger partial charge is 0.261 e. The minimum atomic E-state index is -0.407. The predicted molar refractivity (Wildman–Crippen MR) is 82.4 cm³/mol. The number of halogens is 1. The van der Waals surface area contributed by atoms with Gasteiger partial charge in [0.05, 0.1) is 23.8 Å². The van der Waals surface area contributed by atoms with Crippen molar-refractivity contribution in [2.75, 3.05) is 33.4 Å². The number of hydrogen-bond donors (Lipinski definition) is 0. The molecule has 0 aliphatic carbocycles. The molecule has 1 aromatic carbocycles. The number of hydrogen-bond acceptors (Lipinski definition) is 4. The molecular formula is C16H20FN3O2. The molecule has 22 heavy (non-hydrogen) atoms. The van der Waals surface area contributed by atoms with E-state index in [2.05, 4.69) is 9.88 Å². The van der Waals surface area contributed by atoms with Crippen LogP contribution in [-0.4, -0.2) is 47.8 Å². The zero-order valence-electron chi connectivity index (χ0n) is 12.7. The third kappa shape index (κ3) is 3.18. The summed E-state index contributed by atoms with van der Waals surface area (Å²) in [7, 11) is 1.70. The molecule has 1 aliphatic heterocycles. The van der Waals surface area contributed by atoms with Crippen LogP contribution in [0.15, 0.2) is 29.3 Å². The monoisotopic (exact) mass is 305 g/mol. The van der Waals surface area contributed by atoms with E-state index >= 15 is 0 Å². The van der Waals surface area contributed by atoms with Crippen LogP contribution in [0.5, 0.6) is 0 Å². The average Bonchev–Trinajstić information content (AvgIpc) is 2.96. The Labute approximate surface area is 128 Å². The van der Waals surface area contributed by atoms with E-state index in [1.54, 1.807) is 24.1 Å². The van der Waals surface area contributed by atoms with Crippen LogP contribution < -0.4 is 5.56 Å². The Bertz CT molecular complexity index is 716. The molecule has 6 heteroatoms. The van der Waals surface area contributed by atoms with Crippen LogP contribution in [0.2, 0.25) is 0 Å². The Morgan fingerprint density at radius 2 is 2.32 bits per heavy atom. The molecule has 1 aliphatic rings. The van der Waals surface area contributed by atoms with E-state index in [0.717, 1.165) is 32.7 Å². The third-order valence-corrected chi connectivity index (χ3v) is 4.22. The first kappa shape index (κ1) is 15.1. The van der Waals surface area contributed by atoms with Crippen molar-refractivity contribution in [1.82, 2.24) is 14.5 Å². The van der Waals surface area contributed by atoms with Gasteiger partial charge in [0.15, 0.2) is 0 Å². The van der Waals surface area contributed by atoms with Crippen LogP contribution in [0, 0.1) is 11.7 Å². The molecule has 3 rings (SSSR count). The molecule has 0 amide bonds. The summed E-state index contributed by atoms with van der Waals surface area (Å²) in [5.74, 6) is 0.0122. The molecule has 118 valence electrons. The molecule has 1 atom stereocenters. The number of fused-ring (bicyclic) bond motifs is 1. The van der Waals surface area contributed by atoms with Gasteiger partial charge in [0.25, 0.3) is 5.56 Å². The van der Waals surface area contributed by atoms with E-state index in [9.17, 15) is 9.18 Å². The highest BCUT2D eigenvalue weighted by Crippen LogP contribution is 2.17. The second-order valence-corrected chi connectivity index (χ2v) is 5.81. The topological polar surface area (TPSA) is 47.4 Å². The van der Waals surface area contributed by atoms with Gasteiger partial charge in [-0.2, -0.15) is 0 Å². The standard InChI is InChI=1S/C16H20FN3O2/c1-22-7-6-19-5-4-12(9-19)10-20-11-18-15-3-2-13(17)8-14(15)16(20)21/h2-3,8,11-12H,4-7,9-10H2,1H3/t12-/m1/s1. The lowest BCUT2D eigenvalue weighted by Gasteiger charge is -2.16. The number of benzene rings is 1. The van der Waals surface area contributed by atoms with Crippen molar-refractivity contribution in [3.8, 4) is 0 Å². The Hall–Kier alpha value is -1.79. The van der Waals surface area contributed by atoms with E-state index in [1.807, 2.05) is 0 Å². The molecule has 2 heterocycles. The summed E-state index contributed by atoms with van der Waals surface area (Å²) in [6.45, 7) is 4.25. The van der Waals surface area contributed by atoms with Crippen LogP contribution >= 0.6 is 0 Å².